The van der Waals surface area contributed by atoms with Gasteiger partial charge in [-0.1, -0.05) is 0 Å². The van der Waals surface area contributed by atoms with E-state index in [4.69, 9.17) is 13.9 Å². The first kappa shape index (κ1) is 15.0. The molecule has 0 fully saturated rings. The lowest BCUT2D eigenvalue weighted by Gasteiger charge is -2.24. The molecule has 0 aliphatic rings. The highest BCUT2D eigenvalue weighted by Crippen LogP contribution is 2.48. The van der Waals surface area contributed by atoms with E-state index in [1.165, 1.54) is 19.2 Å². The molecule has 0 saturated carbocycles. The summed E-state index contributed by atoms with van der Waals surface area (Å²) in [5.41, 5.74) is 0. The third-order valence-electron chi connectivity index (χ3n) is 1.75. The van der Waals surface area contributed by atoms with E-state index in [1.807, 2.05) is 0 Å². The van der Waals surface area contributed by atoms with Gasteiger partial charge in [0.1, 0.15) is 6.23 Å². The molecular formula is C8H20NO5P. The summed E-state index contributed by atoms with van der Waals surface area (Å²) in [4.78, 5) is 4.77. The van der Waals surface area contributed by atoms with Gasteiger partial charge in [-0.3, -0.25) is 4.57 Å². The van der Waals surface area contributed by atoms with Crippen molar-refractivity contribution < 1.29 is 23.6 Å². The molecule has 0 radical (unpaired) electrons. The first-order valence-electron chi connectivity index (χ1n) is 4.82. The van der Waals surface area contributed by atoms with Gasteiger partial charge in [-0.25, -0.2) is 0 Å². The van der Waals surface area contributed by atoms with E-state index >= 15 is 0 Å². The maximum Gasteiger partial charge on any atom is 0.334 e. The van der Waals surface area contributed by atoms with Gasteiger partial charge < -0.3 is 19.0 Å². The molecule has 0 heterocycles. The van der Waals surface area contributed by atoms with Crippen LogP contribution >= 0.6 is 7.60 Å². The summed E-state index contributed by atoms with van der Waals surface area (Å²) in [6.45, 7) is 4.00. The van der Waals surface area contributed by atoms with Crippen LogP contribution in [0.2, 0.25) is 0 Å². The number of nitrogens with zero attached hydrogens (tertiary/aromatic N) is 1. The molecule has 0 bridgehead atoms. The average Bonchev–Trinajstić information content (AvgIpc) is 2.16. The van der Waals surface area contributed by atoms with E-state index in [-0.39, 0.29) is 19.4 Å². The van der Waals surface area contributed by atoms with Crippen molar-refractivity contribution in [1.29, 1.82) is 0 Å². The number of rotatable bonds is 8. The fourth-order valence-corrected chi connectivity index (χ4v) is 2.67. The second kappa shape index (κ2) is 7.33. The van der Waals surface area contributed by atoms with Gasteiger partial charge >= 0.3 is 7.60 Å². The van der Waals surface area contributed by atoms with E-state index < -0.39 is 13.8 Å². The SMILES string of the molecule is CCOP(=O)(CC(O)N(C)OC)OCC. The maximum absolute atomic E-state index is 12.0. The molecule has 0 rings (SSSR count). The van der Waals surface area contributed by atoms with Gasteiger partial charge in [-0.05, 0) is 13.8 Å². The summed E-state index contributed by atoms with van der Waals surface area (Å²) in [6.07, 6.45) is -1.13. The fourth-order valence-electron chi connectivity index (χ4n) is 0.973. The molecule has 1 N–H and O–H groups in total. The highest BCUT2D eigenvalue weighted by atomic mass is 31.2. The first-order valence-corrected chi connectivity index (χ1v) is 6.55. The minimum atomic E-state index is -3.21. The number of hydrogen-bond donors (Lipinski definition) is 1. The highest BCUT2D eigenvalue weighted by molar-refractivity contribution is 7.53. The van der Waals surface area contributed by atoms with Crippen LogP contribution in [0.15, 0.2) is 0 Å². The molecule has 0 amide bonds. The average molecular weight is 241 g/mol. The highest BCUT2D eigenvalue weighted by Gasteiger charge is 2.29. The lowest BCUT2D eigenvalue weighted by atomic mass is 10.6. The van der Waals surface area contributed by atoms with E-state index in [0.29, 0.717) is 0 Å². The van der Waals surface area contributed by atoms with E-state index in [9.17, 15) is 9.67 Å². The molecule has 0 aliphatic heterocycles. The third-order valence-corrected chi connectivity index (χ3v) is 3.82. The Kier molecular flexibility index (Phi) is 7.34. The van der Waals surface area contributed by atoms with Crippen molar-refractivity contribution in [3.8, 4) is 0 Å². The summed E-state index contributed by atoms with van der Waals surface area (Å²) >= 11 is 0. The fraction of sp³-hybridized carbons (Fsp3) is 1.00. The lowest BCUT2D eigenvalue weighted by Crippen LogP contribution is -2.34. The Hall–Kier alpha value is 0.0300. The van der Waals surface area contributed by atoms with Crippen LogP contribution in [0, 0.1) is 0 Å². The van der Waals surface area contributed by atoms with Crippen LogP contribution in [-0.2, 0) is 18.5 Å². The predicted octanol–water partition coefficient (Wildman–Crippen LogP) is 1.06. The van der Waals surface area contributed by atoms with Gasteiger partial charge in [0, 0.05) is 7.05 Å². The van der Waals surface area contributed by atoms with Crippen LogP contribution in [-0.4, -0.2) is 49.9 Å². The predicted molar refractivity (Wildman–Crippen MR) is 56.5 cm³/mol. The molecule has 0 saturated heterocycles. The summed E-state index contributed by atoms with van der Waals surface area (Å²) in [6, 6.07) is 0. The summed E-state index contributed by atoms with van der Waals surface area (Å²) < 4.78 is 22.0. The number of aliphatic hydroxyl groups excluding tert-OH is 1. The van der Waals surface area contributed by atoms with Crippen LogP contribution < -0.4 is 0 Å². The Morgan fingerprint density at radius 1 is 1.33 bits per heavy atom. The standard InChI is InChI=1S/C8H20NO5P/c1-5-13-15(11,14-6-2)7-8(10)9(3)12-4/h8,10H,5-7H2,1-4H3. The molecule has 0 aromatic carbocycles. The smallest absolute Gasteiger partial charge is 0.334 e. The molecule has 0 spiro atoms. The third kappa shape index (κ3) is 5.61. The molecule has 0 aliphatic carbocycles. The van der Waals surface area contributed by atoms with Crippen molar-refractivity contribution in [2.24, 2.45) is 0 Å². The Morgan fingerprint density at radius 3 is 2.13 bits per heavy atom. The van der Waals surface area contributed by atoms with Gasteiger partial charge in [0.15, 0.2) is 0 Å². The Balaban J connectivity index is 4.33. The van der Waals surface area contributed by atoms with E-state index in [0.717, 1.165) is 0 Å². The second-order valence-electron chi connectivity index (χ2n) is 2.84. The van der Waals surface area contributed by atoms with Crippen LogP contribution in [0.5, 0.6) is 0 Å². The zero-order valence-electron chi connectivity index (χ0n) is 9.67. The molecule has 1 atom stereocenters. The van der Waals surface area contributed by atoms with Crippen LogP contribution in [0.25, 0.3) is 0 Å². The summed E-state index contributed by atoms with van der Waals surface area (Å²) in [5, 5.41) is 10.8. The van der Waals surface area contributed by atoms with Gasteiger partial charge in [0.05, 0.1) is 26.5 Å². The Labute approximate surface area is 90.6 Å². The van der Waals surface area contributed by atoms with Gasteiger partial charge in [-0.2, -0.15) is 5.06 Å². The zero-order chi connectivity index (χ0) is 11.9. The van der Waals surface area contributed by atoms with Gasteiger partial charge in [0.2, 0.25) is 0 Å². The maximum atomic E-state index is 12.0. The van der Waals surface area contributed by atoms with Crippen molar-refractivity contribution in [3.05, 3.63) is 0 Å². The Bertz CT molecular complexity index is 203. The topological polar surface area (TPSA) is 68.2 Å². The molecule has 15 heavy (non-hydrogen) atoms. The molecular weight excluding hydrogens is 221 g/mol. The largest absolute Gasteiger partial charge is 0.376 e. The minimum Gasteiger partial charge on any atom is -0.376 e. The van der Waals surface area contributed by atoms with Gasteiger partial charge in [0.25, 0.3) is 0 Å². The molecule has 0 aromatic heterocycles. The van der Waals surface area contributed by atoms with Crippen LogP contribution in [0.4, 0.5) is 0 Å². The van der Waals surface area contributed by atoms with E-state index in [1.54, 1.807) is 13.8 Å². The summed E-state index contributed by atoms with van der Waals surface area (Å²) in [5.74, 6) is 0. The van der Waals surface area contributed by atoms with Crippen molar-refractivity contribution >= 4 is 7.60 Å². The number of hydroxylamine groups is 2. The molecule has 92 valence electrons. The normalized spacial score (nSPS) is 14.5. The van der Waals surface area contributed by atoms with Crippen molar-refractivity contribution in [2.75, 3.05) is 33.5 Å². The molecule has 7 heteroatoms. The zero-order valence-corrected chi connectivity index (χ0v) is 10.6. The second-order valence-corrected chi connectivity index (χ2v) is 4.94. The number of aliphatic hydroxyl groups is 1. The molecule has 6 nitrogen and oxygen atoms in total. The Morgan fingerprint density at radius 2 is 1.80 bits per heavy atom. The van der Waals surface area contributed by atoms with Gasteiger partial charge in [-0.15, -0.1) is 0 Å². The minimum absolute atomic E-state index is 0.112. The van der Waals surface area contributed by atoms with Crippen molar-refractivity contribution in [3.63, 3.8) is 0 Å². The molecule has 0 aromatic rings. The van der Waals surface area contributed by atoms with Crippen molar-refractivity contribution in [2.45, 2.75) is 20.1 Å². The first-order chi connectivity index (χ1) is 6.99. The quantitative estimate of drug-likeness (QED) is 0.389. The lowest BCUT2D eigenvalue weighted by molar-refractivity contribution is -0.195. The van der Waals surface area contributed by atoms with Crippen molar-refractivity contribution in [1.82, 2.24) is 5.06 Å². The molecule has 1 unspecified atom stereocenters. The summed E-state index contributed by atoms with van der Waals surface area (Å²) in [7, 11) is -0.267. The van der Waals surface area contributed by atoms with Crippen LogP contribution in [0.3, 0.4) is 0 Å². The number of hydrogen-bond acceptors (Lipinski definition) is 6. The monoisotopic (exact) mass is 241 g/mol. The van der Waals surface area contributed by atoms with E-state index in [2.05, 4.69) is 0 Å². The van der Waals surface area contributed by atoms with Crippen LogP contribution in [0.1, 0.15) is 13.8 Å².